The molecule has 0 aliphatic heterocycles. The fraction of sp³-hybridized carbons (Fsp3) is 0.308. The molecule has 0 saturated carbocycles. The molecule has 1 amide bonds. The van der Waals surface area contributed by atoms with Crippen molar-refractivity contribution >= 4 is 23.4 Å². The van der Waals surface area contributed by atoms with E-state index in [4.69, 9.17) is 5.84 Å². The molecular weight excluding hydrogens is 388 g/mol. The van der Waals surface area contributed by atoms with Crippen LogP contribution in [0, 0.1) is 0 Å². The number of nitrogens with two attached hydrogens (primary N) is 1. The molecule has 13 heteroatoms. The number of thioether (sulfide) groups is 1. The summed E-state index contributed by atoms with van der Waals surface area (Å²) < 4.78 is 75.9. The number of nitrogens with zero attached hydrogens (tertiary/aromatic N) is 3. The summed E-state index contributed by atoms with van der Waals surface area (Å²) in [5, 5.41) is 7.04. The van der Waals surface area contributed by atoms with Crippen molar-refractivity contribution in [2.45, 2.75) is 29.7 Å². The average molecular weight is 399 g/mol. The first kappa shape index (κ1) is 19.9. The Morgan fingerprint density at radius 3 is 2.38 bits per heavy atom. The molecule has 1 unspecified atom stereocenters. The third-order valence-corrected chi connectivity index (χ3v) is 4.08. The van der Waals surface area contributed by atoms with Gasteiger partial charge >= 0.3 is 12.4 Å². The Bertz CT molecular complexity index is 803. The molecule has 1 aromatic heterocycles. The van der Waals surface area contributed by atoms with Gasteiger partial charge in [0.1, 0.15) is 0 Å². The van der Waals surface area contributed by atoms with E-state index < -0.39 is 34.9 Å². The second-order valence-corrected chi connectivity index (χ2v) is 6.31. The number of carbonyl (C=O) groups excluding carboxylic acids is 1. The highest BCUT2D eigenvalue weighted by molar-refractivity contribution is 8.00. The Morgan fingerprint density at radius 2 is 1.85 bits per heavy atom. The van der Waals surface area contributed by atoms with Gasteiger partial charge in [-0.2, -0.15) is 26.3 Å². The van der Waals surface area contributed by atoms with Crippen LogP contribution in [0.15, 0.2) is 29.4 Å². The van der Waals surface area contributed by atoms with Crippen molar-refractivity contribution in [1.29, 1.82) is 0 Å². The van der Waals surface area contributed by atoms with Gasteiger partial charge < -0.3 is 11.2 Å². The molecule has 26 heavy (non-hydrogen) atoms. The zero-order valence-corrected chi connectivity index (χ0v) is 13.7. The first-order valence-electron chi connectivity index (χ1n) is 6.82. The summed E-state index contributed by atoms with van der Waals surface area (Å²) in [6.45, 7) is 1.33. The van der Waals surface area contributed by atoms with Crippen molar-refractivity contribution in [3.8, 4) is 0 Å². The number of aromatic nitrogens is 3. The molecule has 1 atom stereocenters. The van der Waals surface area contributed by atoms with Gasteiger partial charge in [-0.25, -0.2) is 4.68 Å². The Balaban J connectivity index is 2.08. The molecular formula is C13H11F6N5OS. The SMILES string of the molecule is CC(Sc1nnc(C(F)(F)F)n1N)C(=O)Nc1cccc(C(F)(F)F)c1. The molecule has 2 rings (SSSR count). The molecule has 1 heterocycles. The molecule has 6 nitrogen and oxygen atoms in total. The summed E-state index contributed by atoms with van der Waals surface area (Å²) in [7, 11) is 0. The predicted molar refractivity (Wildman–Crippen MR) is 80.6 cm³/mol. The van der Waals surface area contributed by atoms with Crippen LogP contribution in [0.1, 0.15) is 18.3 Å². The normalized spacial score (nSPS) is 13.5. The zero-order chi connectivity index (χ0) is 19.7. The fourth-order valence-corrected chi connectivity index (χ4v) is 2.55. The Labute approximate surface area is 146 Å². The van der Waals surface area contributed by atoms with Crippen molar-refractivity contribution in [2.24, 2.45) is 0 Å². The van der Waals surface area contributed by atoms with E-state index in [-0.39, 0.29) is 15.5 Å². The Hall–Kier alpha value is -2.44. The third kappa shape index (κ3) is 4.59. The Kier molecular flexibility index (Phi) is 5.39. The van der Waals surface area contributed by atoms with Crippen LogP contribution < -0.4 is 11.2 Å². The number of amides is 1. The van der Waals surface area contributed by atoms with E-state index in [0.717, 1.165) is 18.2 Å². The van der Waals surface area contributed by atoms with E-state index in [0.29, 0.717) is 11.8 Å². The summed E-state index contributed by atoms with van der Waals surface area (Å²) in [6.07, 6.45) is -9.39. The topological polar surface area (TPSA) is 85.8 Å². The molecule has 2 aromatic rings. The molecule has 0 spiro atoms. The van der Waals surface area contributed by atoms with Gasteiger partial charge in [-0.1, -0.05) is 17.8 Å². The van der Waals surface area contributed by atoms with E-state index in [9.17, 15) is 31.1 Å². The number of carbonyl (C=O) groups is 1. The van der Waals surface area contributed by atoms with Gasteiger partial charge in [0.05, 0.1) is 10.8 Å². The molecule has 0 saturated heterocycles. The number of benzene rings is 1. The minimum Gasteiger partial charge on any atom is -0.335 e. The van der Waals surface area contributed by atoms with Gasteiger partial charge in [-0.15, -0.1) is 10.2 Å². The average Bonchev–Trinajstić information content (AvgIpc) is 2.87. The Morgan fingerprint density at radius 1 is 1.19 bits per heavy atom. The van der Waals surface area contributed by atoms with Crippen molar-refractivity contribution in [3.05, 3.63) is 35.7 Å². The molecule has 0 radical (unpaired) electrons. The van der Waals surface area contributed by atoms with Gasteiger partial charge in [0.25, 0.3) is 5.82 Å². The monoisotopic (exact) mass is 399 g/mol. The highest BCUT2D eigenvalue weighted by Crippen LogP contribution is 2.32. The number of nitrogen functional groups attached to an aromatic ring is 1. The molecule has 0 bridgehead atoms. The summed E-state index contributed by atoms with van der Waals surface area (Å²) in [5.41, 5.74) is -1.06. The van der Waals surface area contributed by atoms with Gasteiger partial charge in [0.2, 0.25) is 11.1 Å². The lowest BCUT2D eigenvalue weighted by atomic mass is 10.2. The minimum absolute atomic E-state index is 0.109. The maximum absolute atomic E-state index is 12.7. The lowest BCUT2D eigenvalue weighted by Gasteiger charge is -2.13. The van der Waals surface area contributed by atoms with Crippen LogP contribution in [-0.4, -0.2) is 26.0 Å². The van der Waals surface area contributed by atoms with Gasteiger partial charge in [-0.05, 0) is 25.1 Å². The van der Waals surface area contributed by atoms with E-state index in [1.165, 1.54) is 13.0 Å². The molecule has 3 N–H and O–H groups in total. The summed E-state index contributed by atoms with van der Waals surface area (Å²) in [6, 6.07) is 3.94. The standard InChI is InChI=1S/C13H11F6N5OS/c1-6(26-11-23-22-10(24(11)20)13(17,18)19)9(25)21-8-4-2-3-7(5-8)12(14,15)16/h2-6H,20H2,1H3,(H,21,25). The smallest absolute Gasteiger partial charge is 0.335 e. The first-order chi connectivity index (χ1) is 11.9. The number of rotatable bonds is 4. The largest absolute Gasteiger partial charge is 0.453 e. The van der Waals surface area contributed by atoms with E-state index in [1.54, 1.807) is 0 Å². The maximum atomic E-state index is 12.7. The number of alkyl halides is 6. The number of anilines is 1. The van der Waals surface area contributed by atoms with Crippen molar-refractivity contribution in [3.63, 3.8) is 0 Å². The van der Waals surface area contributed by atoms with Crippen LogP contribution in [0.5, 0.6) is 0 Å². The van der Waals surface area contributed by atoms with Crippen molar-refractivity contribution in [2.75, 3.05) is 11.2 Å². The lowest BCUT2D eigenvalue weighted by molar-refractivity contribution is -0.146. The molecule has 0 fully saturated rings. The highest BCUT2D eigenvalue weighted by Gasteiger charge is 2.38. The second kappa shape index (κ2) is 7.05. The number of nitrogens with one attached hydrogen (secondary N) is 1. The summed E-state index contributed by atoms with van der Waals surface area (Å²) in [5.74, 6) is 3.07. The van der Waals surface area contributed by atoms with E-state index in [1.807, 2.05) is 0 Å². The number of hydrogen-bond acceptors (Lipinski definition) is 5. The van der Waals surface area contributed by atoms with E-state index >= 15 is 0 Å². The highest BCUT2D eigenvalue weighted by atomic mass is 32.2. The fourth-order valence-electron chi connectivity index (χ4n) is 1.78. The minimum atomic E-state index is -4.82. The van der Waals surface area contributed by atoms with Crippen LogP contribution in [0.25, 0.3) is 0 Å². The van der Waals surface area contributed by atoms with Crippen molar-refractivity contribution in [1.82, 2.24) is 14.9 Å². The summed E-state index contributed by atoms with van der Waals surface area (Å²) in [4.78, 5) is 12.1. The molecule has 0 aliphatic rings. The second-order valence-electron chi connectivity index (χ2n) is 5.00. The predicted octanol–water partition coefficient (Wildman–Crippen LogP) is 3.15. The van der Waals surface area contributed by atoms with Gasteiger partial charge in [-0.3, -0.25) is 4.79 Å². The quantitative estimate of drug-likeness (QED) is 0.469. The molecule has 1 aromatic carbocycles. The van der Waals surface area contributed by atoms with Crippen molar-refractivity contribution < 1.29 is 31.1 Å². The first-order valence-corrected chi connectivity index (χ1v) is 7.70. The van der Waals surface area contributed by atoms with Crippen LogP contribution in [0.4, 0.5) is 32.0 Å². The van der Waals surface area contributed by atoms with Crippen LogP contribution in [-0.2, 0) is 17.1 Å². The summed E-state index contributed by atoms with van der Waals surface area (Å²) >= 11 is 0.574. The van der Waals surface area contributed by atoms with Gasteiger partial charge in [0, 0.05) is 5.69 Å². The molecule has 0 aliphatic carbocycles. The molecule has 142 valence electrons. The maximum Gasteiger partial charge on any atom is 0.453 e. The van der Waals surface area contributed by atoms with Crippen LogP contribution in [0.2, 0.25) is 0 Å². The van der Waals surface area contributed by atoms with Gasteiger partial charge in [0.15, 0.2) is 0 Å². The van der Waals surface area contributed by atoms with Crippen LogP contribution >= 0.6 is 11.8 Å². The van der Waals surface area contributed by atoms with E-state index in [2.05, 4.69) is 15.5 Å². The third-order valence-electron chi connectivity index (χ3n) is 3.03. The number of hydrogen-bond donors (Lipinski definition) is 2. The lowest BCUT2D eigenvalue weighted by Crippen LogP contribution is -2.25. The number of halogens is 6. The zero-order valence-electron chi connectivity index (χ0n) is 12.9. The van der Waals surface area contributed by atoms with Crippen LogP contribution in [0.3, 0.4) is 0 Å².